The largest absolute Gasteiger partial charge is 0.496 e. The number of benzene rings is 1. The van der Waals surface area contributed by atoms with Crippen LogP contribution >= 0.6 is 0 Å². The number of nitrogens with one attached hydrogen (secondary N) is 1. The Morgan fingerprint density at radius 2 is 1.86 bits per heavy atom. The predicted octanol–water partition coefficient (Wildman–Crippen LogP) is 2.40. The van der Waals surface area contributed by atoms with E-state index < -0.39 is 10.0 Å². The van der Waals surface area contributed by atoms with Gasteiger partial charge < -0.3 is 9.15 Å². The summed E-state index contributed by atoms with van der Waals surface area (Å²) in [5, 5.41) is 0. The Balaban J connectivity index is 2.27. The Labute approximate surface area is 130 Å². The van der Waals surface area contributed by atoms with Crippen molar-refractivity contribution in [3.05, 3.63) is 40.6 Å². The third kappa shape index (κ3) is 3.31. The quantitative estimate of drug-likeness (QED) is 0.913. The summed E-state index contributed by atoms with van der Waals surface area (Å²) in [6.45, 7) is 7.12. The van der Waals surface area contributed by atoms with E-state index in [0.29, 0.717) is 28.7 Å². The van der Waals surface area contributed by atoms with Gasteiger partial charge in [0.15, 0.2) is 5.89 Å². The molecule has 0 unspecified atom stereocenters. The van der Waals surface area contributed by atoms with Crippen LogP contribution in [0.1, 0.15) is 28.5 Å². The number of rotatable bonds is 5. The number of hydrogen-bond donors (Lipinski definition) is 1. The molecule has 1 aromatic carbocycles. The van der Waals surface area contributed by atoms with Gasteiger partial charge in [-0.2, -0.15) is 0 Å². The molecule has 7 heteroatoms. The molecule has 22 heavy (non-hydrogen) atoms. The fourth-order valence-electron chi connectivity index (χ4n) is 2.25. The summed E-state index contributed by atoms with van der Waals surface area (Å²) in [5.41, 5.74) is 2.07. The first-order valence-electron chi connectivity index (χ1n) is 6.82. The minimum Gasteiger partial charge on any atom is -0.496 e. The zero-order chi connectivity index (χ0) is 16.5. The zero-order valence-electron chi connectivity index (χ0n) is 13.4. The van der Waals surface area contributed by atoms with E-state index in [1.807, 2.05) is 0 Å². The van der Waals surface area contributed by atoms with Crippen molar-refractivity contribution in [1.82, 2.24) is 9.71 Å². The van der Waals surface area contributed by atoms with E-state index in [0.717, 1.165) is 5.56 Å². The van der Waals surface area contributed by atoms with Gasteiger partial charge in [-0.3, -0.25) is 0 Å². The summed E-state index contributed by atoms with van der Waals surface area (Å²) in [6.07, 6.45) is 0. The van der Waals surface area contributed by atoms with Gasteiger partial charge in [-0.25, -0.2) is 18.1 Å². The number of methoxy groups -OCH3 is 1. The van der Waals surface area contributed by atoms with Crippen molar-refractivity contribution >= 4 is 10.0 Å². The number of hydrogen-bond acceptors (Lipinski definition) is 5. The van der Waals surface area contributed by atoms with Crippen molar-refractivity contribution in [2.75, 3.05) is 7.11 Å². The monoisotopic (exact) mass is 324 g/mol. The van der Waals surface area contributed by atoms with Crippen molar-refractivity contribution < 1.29 is 17.6 Å². The molecule has 0 aliphatic rings. The van der Waals surface area contributed by atoms with Crippen molar-refractivity contribution in [3.8, 4) is 5.75 Å². The van der Waals surface area contributed by atoms with Gasteiger partial charge in [-0.1, -0.05) is 0 Å². The lowest BCUT2D eigenvalue weighted by atomic mass is 10.1. The average molecular weight is 324 g/mol. The van der Waals surface area contributed by atoms with Crippen LogP contribution in [0, 0.1) is 27.7 Å². The maximum absolute atomic E-state index is 12.5. The highest BCUT2D eigenvalue weighted by atomic mass is 32.2. The number of sulfonamides is 1. The number of aryl methyl sites for hydroxylation is 4. The van der Waals surface area contributed by atoms with Gasteiger partial charge in [-0.15, -0.1) is 0 Å². The molecule has 1 aromatic heterocycles. The molecule has 2 rings (SSSR count). The van der Waals surface area contributed by atoms with Crippen LogP contribution < -0.4 is 9.46 Å². The van der Waals surface area contributed by atoms with Gasteiger partial charge in [0.2, 0.25) is 10.0 Å². The smallest absolute Gasteiger partial charge is 0.241 e. The summed E-state index contributed by atoms with van der Waals surface area (Å²) < 4.78 is 38.1. The third-order valence-electron chi connectivity index (χ3n) is 3.40. The zero-order valence-corrected chi connectivity index (χ0v) is 14.2. The molecule has 0 fully saturated rings. The number of oxazole rings is 1. The molecule has 0 spiro atoms. The van der Waals surface area contributed by atoms with Crippen LogP contribution in [0.25, 0.3) is 0 Å². The molecular weight excluding hydrogens is 304 g/mol. The number of nitrogens with zero attached hydrogens (tertiary/aromatic N) is 1. The second-order valence-electron chi connectivity index (χ2n) is 5.15. The Morgan fingerprint density at radius 1 is 1.18 bits per heavy atom. The van der Waals surface area contributed by atoms with Crippen LogP contribution in [0.2, 0.25) is 0 Å². The highest BCUT2D eigenvalue weighted by Gasteiger charge is 2.20. The van der Waals surface area contributed by atoms with Gasteiger partial charge in [-0.05, 0) is 44.0 Å². The SMILES string of the molecule is COc1cc(C)c(S(=O)(=O)NCc2oc(C)nc2C)cc1C. The highest BCUT2D eigenvalue weighted by Crippen LogP contribution is 2.25. The van der Waals surface area contributed by atoms with Gasteiger partial charge in [0, 0.05) is 6.92 Å². The molecule has 0 saturated carbocycles. The Hall–Kier alpha value is -1.86. The molecule has 0 amide bonds. The van der Waals surface area contributed by atoms with E-state index in [9.17, 15) is 8.42 Å². The fourth-order valence-corrected chi connectivity index (χ4v) is 3.54. The Bertz CT molecular complexity index is 794. The van der Waals surface area contributed by atoms with Crippen molar-refractivity contribution in [3.63, 3.8) is 0 Å². The van der Waals surface area contributed by atoms with Crippen LogP contribution in [-0.4, -0.2) is 20.5 Å². The fraction of sp³-hybridized carbons (Fsp3) is 0.400. The minimum absolute atomic E-state index is 0.0690. The Kier molecular flexibility index (Phi) is 4.58. The lowest BCUT2D eigenvalue weighted by Gasteiger charge is -2.12. The van der Waals surface area contributed by atoms with Gasteiger partial charge in [0.1, 0.15) is 11.5 Å². The Morgan fingerprint density at radius 3 is 2.41 bits per heavy atom. The molecule has 0 radical (unpaired) electrons. The number of aromatic nitrogens is 1. The average Bonchev–Trinajstić information content (AvgIpc) is 2.76. The van der Waals surface area contributed by atoms with Crippen LogP contribution in [0.4, 0.5) is 0 Å². The van der Waals surface area contributed by atoms with Crippen LogP contribution in [-0.2, 0) is 16.6 Å². The van der Waals surface area contributed by atoms with Gasteiger partial charge >= 0.3 is 0 Å². The molecule has 120 valence electrons. The lowest BCUT2D eigenvalue weighted by Crippen LogP contribution is -2.24. The topological polar surface area (TPSA) is 81.4 Å². The van der Waals surface area contributed by atoms with E-state index in [2.05, 4.69) is 9.71 Å². The summed E-state index contributed by atoms with van der Waals surface area (Å²) >= 11 is 0. The molecule has 0 bridgehead atoms. The summed E-state index contributed by atoms with van der Waals surface area (Å²) in [4.78, 5) is 4.36. The maximum Gasteiger partial charge on any atom is 0.241 e. The maximum atomic E-state index is 12.5. The summed E-state index contributed by atoms with van der Waals surface area (Å²) in [7, 11) is -2.08. The van der Waals surface area contributed by atoms with Crippen LogP contribution in [0.15, 0.2) is 21.4 Å². The van der Waals surface area contributed by atoms with Crippen molar-refractivity contribution in [2.45, 2.75) is 39.1 Å². The molecule has 2 aromatic rings. The van der Waals surface area contributed by atoms with E-state index in [-0.39, 0.29) is 11.4 Å². The molecule has 6 nitrogen and oxygen atoms in total. The summed E-state index contributed by atoms with van der Waals surface area (Å²) in [6, 6.07) is 3.32. The first-order chi connectivity index (χ1) is 10.2. The molecule has 1 N–H and O–H groups in total. The lowest BCUT2D eigenvalue weighted by molar-refractivity contribution is 0.411. The number of ether oxygens (including phenoxy) is 1. The highest BCUT2D eigenvalue weighted by molar-refractivity contribution is 7.89. The van der Waals surface area contributed by atoms with Crippen molar-refractivity contribution in [2.24, 2.45) is 0 Å². The second-order valence-corrected chi connectivity index (χ2v) is 6.89. The molecule has 0 atom stereocenters. The van der Waals surface area contributed by atoms with E-state index in [1.54, 1.807) is 46.9 Å². The molecule has 0 saturated heterocycles. The van der Waals surface area contributed by atoms with Gasteiger partial charge in [0.05, 0.1) is 24.2 Å². The van der Waals surface area contributed by atoms with E-state index in [1.165, 1.54) is 0 Å². The third-order valence-corrected chi connectivity index (χ3v) is 4.95. The summed E-state index contributed by atoms with van der Waals surface area (Å²) in [5.74, 6) is 1.70. The van der Waals surface area contributed by atoms with E-state index in [4.69, 9.17) is 9.15 Å². The van der Waals surface area contributed by atoms with Crippen LogP contribution in [0.3, 0.4) is 0 Å². The standard InChI is InChI=1S/C15H20N2O4S/c1-9-7-15(10(2)6-13(9)20-5)22(18,19)16-8-14-11(3)17-12(4)21-14/h6-7,16H,8H2,1-5H3. The molecule has 0 aliphatic carbocycles. The minimum atomic E-state index is -3.64. The molecule has 1 heterocycles. The first-order valence-corrected chi connectivity index (χ1v) is 8.30. The predicted molar refractivity (Wildman–Crippen MR) is 82.5 cm³/mol. The molecular formula is C15H20N2O4S. The normalized spacial score (nSPS) is 11.7. The van der Waals surface area contributed by atoms with Gasteiger partial charge in [0.25, 0.3) is 0 Å². The van der Waals surface area contributed by atoms with Crippen molar-refractivity contribution in [1.29, 1.82) is 0 Å². The first kappa shape index (κ1) is 16.5. The van der Waals surface area contributed by atoms with E-state index >= 15 is 0 Å². The molecule has 0 aliphatic heterocycles. The second kappa shape index (κ2) is 6.10. The van der Waals surface area contributed by atoms with Crippen LogP contribution in [0.5, 0.6) is 5.75 Å².